The van der Waals surface area contributed by atoms with Crippen LogP contribution in [0.15, 0.2) is 10.5 Å². The van der Waals surface area contributed by atoms with Crippen molar-refractivity contribution < 1.29 is 9.21 Å². The monoisotopic (exact) mass is 272 g/mol. The van der Waals surface area contributed by atoms with Gasteiger partial charge in [0.1, 0.15) is 5.76 Å². The molecule has 5 heteroatoms. The number of carbonyl (C=O) groups excluding carboxylic acids is 1. The first-order valence-corrected chi connectivity index (χ1v) is 6.24. The van der Waals surface area contributed by atoms with Gasteiger partial charge in [-0.1, -0.05) is 6.92 Å². The number of carbonyl (C=O) groups is 1. The number of piperazine rings is 1. The molecule has 0 spiro atoms. The fourth-order valence-electron chi connectivity index (χ4n) is 2.26. The highest BCUT2D eigenvalue weighted by molar-refractivity contribution is 5.92. The molecular weight excluding hydrogens is 252 g/mol. The van der Waals surface area contributed by atoms with E-state index < -0.39 is 0 Å². The maximum Gasteiger partial charge on any atom is 0.289 e. The van der Waals surface area contributed by atoms with Crippen LogP contribution in [0.1, 0.15) is 35.7 Å². The van der Waals surface area contributed by atoms with Gasteiger partial charge < -0.3 is 14.6 Å². The molecule has 1 saturated heterocycles. The number of amides is 1. The maximum absolute atomic E-state index is 12.3. The molecule has 0 aromatic carbocycles. The second-order valence-electron chi connectivity index (χ2n) is 4.62. The van der Waals surface area contributed by atoms with E-state index in [1.54, 1.807) is 0 Å². The van der Waals surface area contributed by atoms with Gasteiger partial charge in [0.15, 0.2) is 5.76 Å². The van der Waals surface area contributed by atoms with E-state index in [0.29, 0.717) is 5.76 Å². The Morgan fingerprint density at radius 2 is 2.33 bits per heavy atom. The third-order valence-corrected chi connectivity index (χ3v) is 3.31. The molecule has 1 amide bonds. The number of rotatable bonds is 2. The van der Waals surface area contributed by atoms with Crippen molar-refractivity contribution in [1.82, 2.24) is 10.2 Å². The van der Waals surface area contributed by atoms with Gasteiger partial charge in [0.2, 0.25) is 0 Å². The molecule has 1 aliphatic rings. The number of aryl methyl sites for hydroxylation is 2. The van der Waals surface area contributed by atoms with Crippen molar-refractivity contribution in [2.24, 2.45) is 0 Å². The molecule has 1 aliphatic heterocycles. The number of hydrogen-bond acceptors (Lipinski definition) is 3. The van der Waals surface area contributed by atoms with E-state index in [2.05, 4.69) is 12.2 Å². The zero-order chi connectivity index (χ0) is 12.4. The molecule has 0 bridgehead atoms. The molecule has 1 aromatic rings. The molecular formula is C13H21ClN2O2. The van der Waals surface area contributed by atoms with Crippen LogP contribution in [0.5, 0.6) is 0 Å². The van der Waals surface area contributed by atoms with Crippen molar-refractivity contribution in [2.45, 2.75) is 33.2 Å². The van der Waals surface area contributed by atoms with Gasteiger partial charge in [-0.25, -0.2) is 0 Å². The van der Waals surface area contributed by atoms with E-state index in [4.69, 9.17) is 4.42 Å². The molecule has 1 aromatic heterocycles. The molecule has 18 heavy (non-hydrogen) atoms. The van der Waals surface area contributed by atoms with E-state index in [1.165, 1.54) is 0 Å². The first kappa shape index (κ1) is 15.1. The summed E-state index contributed by atoms with van der Waals surface area (Å²) in [5.74, 6) is 1.41. The number of halogens is 1. The zero-order valence-electron chi connectivity index (χ0n) is 11.2. The highest BCUT2D eigenvalue weighted by Crippen LogP contribution is 2.18. The van der Waals surface area contributed by atoms with Crippen LogP contribution >= 0.6 is 12.4 Å². The molecule has 4 nitrogen and oxygen atoms in total. The Hall–Kier alpha value is -1.00. The van der Waals surface area contributed by atoms with Gasteiger partial charge in [-0.2, -0.15) is 0 Å². The summed E-state index contributed by atoms with van der Waals surface area (Å²) < 4.78 is 5.62. The van der Waals surface area contributed by atoms with Gasteiger partial charge in [-0.3, -0.25) is 4.79 Å². The van der Waals surface area contributed by atoms with Gasteiger partial charge in [0, 0.05) is 32.1 Å². The Morgan fingerprint density at radius 1 is 1.61 bits per heavy atom. The van der Waals surface area contributed by atoms with Crippen LogP contribution in [-0.4, -0.2) is 36.5 Å². The Morgan fingerprint density at radius 3 is 2.89 bits per heavy atom. The molecule has 102 valence electrons. The predicted molar refractivity (Wildman–Crippen MR) is 73.4 cm³/mol. The predicted octanol–water partition coefficient (Wildman–Crippen LogP) is 2.01. The van der Waals surface area contributed by atoms with Crippen molar-refractivity contribution in [1.29, 1.82) is 0 Å². The van der Waals surface area contributed by atoms with Crippen molar-refractivity contribution in [2.75, 3.05) is 19.6 Å². The highest BCUT2D eigenvalue weighted by Gasteiger charge is 2.26. The quantitative estimate of drug-likeness (QED) is 0.896. The summed E-state index contributed by atoms with van der Waals surface area (Å²) in [6, 6.07) is 2.09. The molecule has 1 fully saturated rings. The van der Waals surface area contributed by atoms with Crippen LogP contribution < -0.4 is 5.32 Å². The van der Waals surface area contributed by atoms with Crippen molar-refractivity contribution in [3.63, 3.8) is 0 Å². The SMILES string of the molecule is CCc1oc(C(=O)N2CCNCC2C)cc1C.Cl. The van der Waals surface area contributed by atoms with Crippen molar-refractivity contribution in [3.8, 4) is 0 Å². The average Bonchev–Trinajstić information content (AvgIpc) is 2.70. The fraction of sp³-hybridized carbons (Fsp3) is 0.615. The van der Waals surface area contributed by atoms with Crippen LogP contribution in [0, 0.1) is 6.92 Å². The molecule has 1 atom stereocenters. The highest BCUT2D eigenvalue weighted by atomic mass is 35.5. The fourth-order valence-corrected chi connectivity index (χ4v) is 2.26. The Kier molecular flexibility index (Phi) is 5.23. The molecule has 2 heterocycles. The molecule has 0 radical (unpaired) electrons. The number of nitrogens with zero attached hydrogens (tertiary/aromatic N) is 1. The smallest absolute Gasteiger partial charge is 0.289 e. The van der Waals surface area contributed by atoms with E-state index in [1.807, 2.05) is 24.8 Å². The summed E-state index contributed by atoms with van der Waals surface area (Å²) in [4.78, 5) is 14.2. The maximum atomic E-state index is 12.3. The van der Waals surface area contributed by atoms with Crippen molar-refractivity contribution >= 4 is 18.3 Å². The molecule has 0 aliphatic carbocycles. The van der Waals surface area contributed by atoms with Crippen LogP contribution in [0.2, 0.25) is 0 Å². The number of nitrogens with one attached hydrogen (secondary N) is 1. The van der Waals surface area contributed by atoms with E-state index in [0.717, 1.165) is 37.4 Å². The van der Waals surface area contributed by atoms with E-state index >= 15 is 0 Å². The van der Waals surface area contributed by atoms with Crippen LogP contribution in [0.25, 0.3) is 0 Å². The molecule has 1 unspecified atom stereocenters. The minimum atomic E-state index is 0. The largest absolute Gasteiger partial charge is 0.456 e. The van der Waals surface area contributed by atoms with Gasteiger partial charge in [0.05, 0.1) is 0 Å². The number of furan rings is 1. The first-order valence-electron chi connectivity index (χ1n) is 6.24. The Bertz CT molecular complexity index is 417. The normalized spacial score (nSPS) is 19.5. The third-order valence-electron chi connectivity index (χ3n) is 3.31. The lowest BCUT2D eigenvalue weighted by molar-refractivity contribution is 0.0621. The van der Waals surface area contributed by atoms with Crippen LogP contribution in [0.4, 0.5) is 0 Å². The Labute approximate surface area is 114 Å². The minimum absolute atomic E-state index is 0. The summed E-state index contributed by atoms with van der Waals surface area (Å²) in [7, 11) is 0. The average molecular weight is 273 g/mol. The zero-order valence-corrected chi connectivity index (χ0v) is 12.0. The lowest BCUT2D eigenvalue weighted by Crippen LogP contribution is -2.52. The number of hydrogen-bond donors (Lipinski definition) is 1. The second-order valence-corrected chi connectivity index (χ2v) is 4.62. The standard InChI is InChI=1S/C13H20N2O2.ClH/c1-4-11-9(2)7-12(17-11)13(16)15-6-5-14-8-10(15)3;/h7,10,14H,4-6,8H2,1-3H3;1H. The summed E-state index contributed by atoms with van der Waals surface area (Å²) in [5.41, 5.74) is 1.07. The van der Waals surface area contributed by atoms with Gasteiger partial charge in [-0.15, -0.1) is 12.4 Å². The third kappa shape index (κ3) is 2.87. The van der Waals surface area contributed by atoms with Gasteiger partial charge in [0.25, 0.3) is 5.91 Å². The first-order chi connectivity index (χ1) is 8.13. The Balaban J connectivity index is 0.00000162. The molecule has 2 rings (SSSR count). The molecule has 1 N–H and O–H groups in total. The second kappa shape index (κ2) is 6.25. The van der Waals surface area contributed by atoms with Crippen LogP contribution in [0.3, 0.4) is 0 Å². The van der Waals surface area contributed by atoms with E-state index in [-0.39, 0.29) is 24.4 Å². The molecule has 0 saturated carbocycles. The summed E-state index contributed by atoms with van der Waals surface area (Å²) in [6.45, 7) is 8.54. The van der Waals surface area contributed by atoms with Crippen molar-refractivity contribution in [3.05, 3.63) is 23.2 Å². The summed E-state index contributed by atoms with van der Waals surface area (Å²) >= 11 is 0. The minimum Gasteiger partial charge on any atom is -0.456 e. The lowest BCUT2D eigenvalue weighted by Gasteiger charge is -2.33. The van der Waals surface area contributed by atoms with Crippen LogP contribution in [-0.2, 0) is 6.42 Å². The van der Waals surface area contributed by atoms with E-state index in [9.17, 15) is 4.79 Å². The van der Waals surface area contributed by atoms with Gasteiger partial charge in [-0.05, 0) is 25.5 Å². The summed E-state index contributed by atoms with van der Waals surface area (Å²) in [6.07, 6.45) is 0.830. The van der Waals surface area contributed by atoms with Gasteiger partial charge >= 0.3 is 0 Å². The summed E-state index contributed by atoms with van der Waals surface area (Å²) in [5, 5.41) is 3.27. The lowest BCUT2D eigenvalue weighted by atomic mass is 10.2. The topological polar surface area (TPSA) is 45.5 Å².